The molecule has 0 radical (unpaired) electrons. The third-order valence-corrected chi connectivity index (χ3v) is 8.50. The first-order chi connectivity index (χ1) is 22.2. The van der Waals surface area contributed by atoms with Crippen LogP contribution in [0.15, 0.2) is 78.9 Å². The number of nitrogens with zero attached hydrogens (tertiary/aromatic N) is 2. The van der Waals surface area contributed by atoms with E-state index in [0.717, 1.165) is 0 Å². The van der Waals surface area contributed by atoms with Crippen molar-refractivity contribution < 1.29 is 41.7 Å². The molecule has 0 aliphatic carbocycles. The number of aliphatic hydroxyl groups is 2. The van der Waals surface area contributed by atoms with Crippen LogP contribution in [0, 0.1) is 11.6 Å². The Bertz CT molecular complexity index is 1810. The maximum absolute atomic E-state index is 14.6. The lowest BCUT2D eigenvalue weighted by atomic mass is 9.92. The van der Waals surface area contributed by atoms with Crippen LogP contribution in [0.3, 0.4) is 0 Å². The predicted molar refractivity (Wildman–Crippen MR) is 174 cm³/mol. The van der Waals surface area contributed by atoms with E-state index in [-0.39, 0.29) is 42.6 Å². The third kappa shape index (κ3) is 8.30. The van der Waals surface area contributed by atoms with Crippen molar-refractivity contribution in [2.45, 2.75) is 57.8 Å². The van der Waals surface area contributed by atoms with E-state index in [2.05, 4.69) is 4.74 Å². The summed E-state index contributed by atoms with van der Waals surface area (Å²) in [5, 5.41) is 26.8. The third-order valence-electron chi connectivity index (χ3n) is 7.61. The molecular weight excluding hydrogens is 632 g/mol. The molecule has 13 heteroatoms. The van der Waals surface area contributed by atoms with Crippen LogP contribution in [-0.2, 0) is 26.2 Å². The van der Waals surface area contributed by atoms with E-state index in [1.165, 1.54) is 67.8 Å². The van der Waals surface area contributed by atoms with Gasteiger partial charge in [-0.05, 0) is 80.6 Å². The van der Waals surface area contributed by atoms with Crippen LogP contribution in [0.4, 0.5) is 14.5 Å². The number of carbonyl (C=O) groups excluding carboxylic acids is 2. The minimum atomic E-state index is -4.68. The van der Waals surface area contributed by atoms with Crippen molar-refractivity contribution in [3.8, 4) is 22.3 Å². The van der Waals surface area contributed by atoms with Crippen molar-refractivity contribution in [1.29, 1.82) is 0 Å². The molecule has 0 spiro atoms. The minimum absolute atomic E-state index is 0.0125. The van der Waals surface area contributed by atoms with Gasteiger partial charge >= 0.3 is 16.2 Å². The van der Waals surface area contributed by atoms with Gasteiger partial charge in [0.15, 0.2) is 0 Å². The molecule has 4 rings (SSSR count). The molecule has 47 heavy (non-hydrogen) atoms. The van der Waals surface area contributed by atoms with Crippen LogP contribution in [-0.4, -0.2) is 54.4 Å². The Labute approximate surface area is 272 Å². The maximum atomic E-state index is 14.6. The van der Waals surface area contributed by atoms with Crippen LogP contribution in [0.1, 0.15) is 55.3 Å². The lowest BCUT2D eigenvalue weighted by Gasteiger charge is -2.24. The number of halogens is 2. The average molecular weight is 670 g/mol. The van der Waals surface area contributed by atoms with Crippen molar-refractivity contribution in [3.63, 3.8) is 0 Å². The van der Waals surface area contributed by atoms with E-state index in [1.54, 1.807) is 36.6 Å². The first kappa shape index (κ1) is 35.4. The van der Waals surface area contributed by atoms with Gasteiger partial charge in [0.2, 0.25) is 0 Å². The summed E-state index contributed by atoms with van der Waals surface area (Å²) in [7, 11) is -3.49. The Morgan fingerprint density at radius 2 is 1.40 bits per heavy atom. The van der Waals surface area contributed by atoms with E-state index in [4.69, 9.17) is 5.14 Å². The number of nitrogens with two attached hydrogens (primary N) is 1. The quantitative estimate of drug-likeness (QED) is 0.167. The number of benzene rings is 3. The van der Waals surface area contributed by atoms with Gasteiger partial charge in [0.1, 0.15) is 17.3 Å². The van der Waals surface area contributed by atoms with E-state index in [0.29, 0.717) is 26.7 Å². The number of hydrogen-bond acceptors (Lipinski definition) is 7. The SMILES string of the molecule is COC(=O)CC(O)CC(O)CCc1c(-c2ccc(F)cc2)c(-c2ccc(F)cc2)c(C(=O)N(c2ccccc2)S(N)(=O)=O)n1C(C)C. The zero-order valence-corrected chi connectivity index (χ0v) is 27.0. The van der Waals surface area contributed by atoms with Gasteiger partial charge in [0.05, 0.1) is 31.4 Å². The zero-order chi connectivity index (χ0) is 34.5. The van der Waals surface area contributed by atoms with E-state index >= 15 is 0 Å². The fourth-order valence-corrected chi connectivity index (χ4v) is 6.36. The normalized spacial score (nSPS) is 13.0. The molecule has 10 nitrogen and oxygen atoms in total. The Morgan fingerprint density at radius 1 is 0.872 bits per heavy atom. The molecule has 0 bridgehead atoms. The van der Waals surface area contributed by atoms with Gasteiger partial charge in [-0.1, -0.05) is 42.5 Å². The number of amides is 1. The molecule has 2 atom stereocenters. The second-order valence-corrected chi connectivity index (χ2v) is 12.7. The number of methoxy groups -OCH3 is 1. The molecule has 0 saturated heterocycles. The number of anilines is 1. The van der Waals surface area contributed by atoms with Gasteiger partial charge in [-0.25, -0.2) is 13.9 Å². The van der Waals surface area contributed by atoms with Gasteiger partial charge in [0, 0.05) is 22.9 Å². The van der Waals surface area contributed by atoms with Crippen molar-refractivity contribution in [2.24, 2.45) is 5.14 Å². The molecule has 3 aromatic carbocycles. The number of hydrogen-bond donors (Lipinski definition) is 3. The molecule has 0 aliphatic rings. The molecule has 1 amide bonds. The van der Waals surface area contributed by atoms with E-state index in [9.17, 15) is 37.0 Å². The summed E-state index contributed by atoms with van der Waals surface area (Å²) in [6.07, 6.45) is -2.58. The number of rotatable bonds is 13. The van der Waals surface area contributed by atoms with Crippen LogP contribution in [0.2, 0.25) is 0 Å². The number of aliphatic hydroxyl groups excluding tert-OH is 2. The van der Waals surface area contributed by atoms with Gasteiger partial charge in [-0.3, -0.25) is 9.59 Å². The summed E-state index contributed by atoms with van der Waals surface area (Å²) in [6.45, 7) is 3.56. The highest BCUT2D eigenvalue weighted by atomic mass is 32.2. The Morgan fingerprint density at radius 3 is 1.89 bits per heavy atom. The van der Waals surface area contributed by atoms with Crippen molar-refractivity contribution in [2.75, 3.05) is 11.4 Å². The molecule has 0 fully saturated rings. The summed E-state index contributed by atoms with van der Waals surface area (Å²) in [5.74, 6) is -2.69. The Kier molecular flexibility index (Phi) is 11.3. The minimum Gasteiger partial charge on any atom is -0.469 e. The van der Waals surface area contributed by atoms with E-state index in [1.807, 2.05) is 0 Å². The van der Waals surface area contributed by atoms with Crippen molar-refractivity contribution in [3.05, 3.63) is 102 Å². The highest BCUT2D eigenvalue weighted by Crippen LogP contribution is 2.43. The lowest BCUT2D eigenvalue weighted by Crippen LogP contribution is -2.42. The first-order valence-electron chi connectivity index (χ1n) is 14.9. The number of para-hydroxylation sites is 1. The molecule has 1 heterocycles. The number of esters is 1. The second kappa shape index (κ2) is 15.0. The highest BCUT2D eigenvalue weighted by Gasteiger charge is 2.36. The van der Waals surface area contributed by atoms with Gasteiger partial charge in [-0.15, -0.1) is 0 Å². The molecule has 4 N–H and O–H groups in total. The van der Waals surface area contributed by atoms with E-state index < -0.39 is 52.0 Å². The molecule has 250 valence electrons. The monoisotopic (exact) mass is 669 g/mol. The molecule has 0 saturated carbocycles. The Balaban J connectivity index is 2.00. The summed E-state index contributed by atoms with van der Waals surface area (Å²) in [5.41, 5.74) is 1.90. The standard InChI is InChI=1S/C34H37F2N3O7S/c1-21(2)38-29(18-17-27(40)19-28(41)20-30(42)46-3)31(22-9-13-24(35)14-10-22)32(23-11-15-25(36)16-12-23)33(38)34(43)39(47(37,44)45)26-7-5-4-6-8-26/h4-16,21,27-28,40-41H,17-20H2,1-3H3,(H2,37,44,45). The van der Waals surface area contributed by atoms with Gasteiger partial charge in [-0.2, -0.15) is 12.7 Å². The van der Waals surface area contributed by atoms with Gasteiger partial charge in [0.25, 0.3) is 5.91 Å². The molecule has 1 aromatic heterocycles. The highest BCUT2D eigenvalue weighted by molar-refractivity contribution is 7.91. The van der Waals surface area contributed by atoms with Crippen molar-refractivity contribution in [1.82, 2.24) is 4.57 Å². The summed E-state index contributed by atoms with van der Waals surface area (Å²) in [4.78, 5) is 26.2. The van der Waals surface area contributed by atoms with Crippen LogP contribution in [0.25, 0.3) is 22.3 Å². The average Bonchev–Trinajstić information content (AvgIpc) is 3.36. The fraction of sp³-hybridized carbons (Fsp3) is 0.294. The molecule has 2 unspecified atom stereocenters. The first-order valence-corrected chi connectivity index (χ1v) is 16.4. The van der Waals surface area contributed by atoms with Crippen LogP contribution in [0.5, 0.6) is 0 Å². The van der Waals surface area contributed by atoms with Crippen LogP contribution >= 0.6 is 0 Å². The number of carbonyl (C=O) groups is 2. The zero-order valence-electron chi connectivity index (χ0n) is 26.1. The molecule has 4 aromatic rings. The largest absolute Gasteiger partial charge is 0.469 e. The van der Waals surface area contributed by atoms with Crippen LogP contribution < -0.4 is 9.44 Å². The summed E-state index contributed by atoms with van der Waals surface area (Å²) in [6, 6.07) is 17.9. The number of aromatic nitrogens is 1. The smallest absolute Gasteiger partial charge is 0.308 e. The second-order valence-electron chi connectivity index (χ2n) is 11.3. The van der Waals surface area contributed by atoms with Crippen molar-refractivity contribution >= 4 is 27.8 Å². The number of ether oxygens (including phenoxy) is 1. The molecule has 0 aliphatic heterocycles. The lowest BCUT2D eigenvalue weighted by molar-refractivity contribution is -0.143. The summed E-state index contributed by atoms with van der Waals surface area (Å²) < 4.78 is 61.1. The maximum Gasteiger partial charge on any atom is 0.308 e. The molecular formula is C34H37F2N3O7S. The topological polar surface area (TPSA) is 152 Å². The van der Waals surface area contributed by atoms with Gasteiger partial charge < -0.3 is 19.5 Å². The summed E-state index contributed by atoms with van der Waals surface area (Å²) >= 11 is 0. The predicted octanol–water partition coefficient (Wildman–Crippen LogP) is 5.14. The Hall–Kier alpha value is -4.43. The fourth-order valence-electron chi connectivity index (χ4n) is 5.62.